The van der Waals surface area contributed by atoms with E-state index in [0.717, 1.165) is 44.5 Å². The van der Waals surface area contributed by atoms with E-state index in [1.54, 1.807) is 0 Å². The molecular formula is C17H26N2O. The molecule has 1 aromatic carbocycles. The number of piperidine rings is 1. The standard InChI is InChI=1S/C17H26N2O/c1-19-11-7-15(8-12-19)20-16-6-4-5-14(13-16)17(18)9-2-3-10-17/h4-6,13,15H,2-3,7-12,18H2,1H3. The third-order valence-corrected chi connectivity index (χ3v) is 4.87. The summed E-state index contributed by atoms with van der Waals surface area (Å²) in [5.41, 5.74) is 7.67. The molecule has 0 atom stereocenters. The monoisotopic (exact) mass is 274 g/mol. The fraction of sp³-hybridized carbons (Fsp3) is 0.647. The Bertz CT molecular complexity index is 446. The van der Waals surface area contributed by atoms with Crippen LogP contribution in [0.5, 0.6) is 5.75 Å². The highest BCUT2D eigenvalue weighted by atomic mass is 16.5. The van der Waals surface area contributed by atoms with Gasteiger partial charge in [0, 0.05) is 18.6 Å². The second-order valence-electron chi connectivity index (χ2n) is 6.51. The minimum atomic E-state index is -0.119. The van der Waals surface area contributed by atoms with Gasteiger partial charge >= 0.3 is 0 Å². The highest BCUT2D eigenvalue weighted by molar-refractivity contribution is 5.34. The molecule has 0 unspecified atom stereocenters. The SMILES string of the molecule is CN1CCC(Oc2cccc(C3(N)CCCC3)c2)CC1. The average Bonchev–Trinajstić information content (AvgIpc) is 2.90. The van der Waals surface area contributed by atoms with Gasteiger partial charge in [-0.05, 0) is 50.4 Å². The molecule has 3 heteroatoms. The fourth-order valence-corrected chi connectivity index (χ4v) is 3.47. The Labute approximate surface area is 122 Å². The van der Waals surface area contributed by atoms with Crippen LogP contribution in [0.3, 0.4) is 0 Å². The van der Waals surface area contributed by atoms with Crippen LogP contribution < -0.4 is 10.5 Å². The van der Waals surface area contributed by atoms with E-state index >= 15 is 0 Å². The number of ether oxygens (including phenoxy) is 1. The van der Waals surface area contributed by atoms with E-state index in [4.69, 9.17) is 10.5 Å². The molecule has 1 saturated heterocycles. The molecule has 1 aliphatic heterocycles. The predicted octanol–water partition coefficient (Wildman–Crippen LogP) is 2.89. The molecule has 1 aliphatic carbocycles. The first-order valence-electron chi connectivity index (χ1n) is 7.90. The van der Waals surface area contributed by atoms with E-state index in [2.05, 4.69) is 36.2 Å². The van der Waals surface area contributed by atoms with E-state index in [9.17, 15) is 0 Å². The quantitative estimate of drug-likeness (QED) is 0.921. The molecule has 0 bridgehead atoms. The summed E-state index contributed by atoms with van der Waals surface area (Å²) in [5, 5.41) is 0. The van der Waals surface area contributed by atoms with E-state index in [0.29, 0.717) is 6.10 Å². The van der Waals surface area contributed by atoms with Gasteiger partial charge in [0.25, 0.3) is 0 Å². The molecule has 0 aromatic heterocycles. The van der Waals surface area contributed by atoms with Gasteiger partial charge in [0.1, 0.15) is 11.9 Å². The fourth-order valence-electron chi connectivity index (χ4n) is 3.47. The maximum absolute atomic E-state index is 6.54. The van der Waals surface area contributed by atoms with E-state index in [1.165, 1.54) is 18.4 Å². The van der Waals surface area contributed by atoms with Crippen LogP contribution in [0, 0.1) is 0 Å². The number of rotatable bonds is 3. The zero-order valence-corrected chi connectivity index (χ0v) is 12.5. The first-order chi connectivity index (χ1) is 9.66. The summed E-state index contributed by atoms with van der Waals surface area (Å²) < 4.78 is 6.17. The third-order valence-electron chi connectivity index (χ3n) is 4.87. The van der Waals surface area contributed by atoms with Crippen molar-refractivity contribution in [1.29, 1.82) is 0 Å². The number of hydrogen-bond acceptors (Lipinski definition) is 3. The Kier molecular flexibility index (Phi) is 3.99. The first-order valence-corrected chi connectivity index (χ1v) is 7.90. The van der Waals surface area contributed by atoms with Crippen LogP contribution in [0.4, 0.5) is 0 Å². The number of nitrogens with two attached hydrogens (primary N) is 1. The Morgan fingerprint density at radius 2 is 1.90 bits per heavy atom. The van der Waals surface area contributed by atoms with Crippen molar-refractivity contribution in [3.8, 4) is 5.75 Å². The summed E-state index contributed by atoms with van der Waals surface area (Å²) in [6.45, 7) is 2.26. The van der Waals surface area contributed by atoms with Gasteiger partial charge in [0.2, 0.25) is 0 Å². The lowest BCUT2D eigenvalue weighted by atomic mass is 9.89. The van der Waals surface area contributed by atoms with Crippen molar-refractivity contribution in [2.75, 3.05) is 20.1 Å². The lowest BCUT2D eigenvalue weighted by Gasteiger charge is -2.30. The van der Waals surface area contributed by atoms with Crippen LogP contribution in [0.15, 0.2) is 24.3 Å². The summed E-state index contributed by atoms with van der Waals surface area (Å²) >= 11 is 0. The van der Waals surface area contributed by atoms with Gasteiger partial charge in [-0.1, -0.05) is 25.0 Å². The van der Waals surface area contributed by atoms with Crippen LogP contribution in [0.1, 0.15) is 44.1 Å². The number of hydrogen-bond donors (Lipinski definition) is 1. The molecule has 3 nitrogen and oxygen atoms in total. The molecule has 110 valence electrons. The Hall–Kier alpha value is -1.06. The molecule has 0 radical (unpaired) electrons. The minimum absolute atomic E-state index is 0.119. The average molecular weight is 274 g/mol. The van der Waals surface area contributed by atoms with Crippen LogP contribution in [0.25, 0.3) is 0 Å². The Balaban J connectivity index is 1.68. The molecule has 1 saturated carbocycles. The second-order valence-corrected chi connectivity index (χ2v) is 6.51. The van der Waals surface area contributed by atoms with Gasteiger partial charge in [0.15, 0.2) is 0 Å². The number of nitrogens with zero attached hydrogens (tertiary/aromatic N) is 1. The first kappa shape index (κ1) is 13.9. The molecule has 2 N–H and O–H groups in total. The normalized spacial score (nSPS) is 23.9. The van der Waals surface area contributed by atoms with Crippen molar-refractivity contribution >= 4 is 0 Å². The van der Waals surface area contributed by atoms with Crippen molar-refractivity contribution in [2.45, 2.75) is 50.2 Å². The van der Waals surface area contributed by atoms with Gasteiger partial charge in [0.05, 0.1) is 0 Å². The highest BCUT2D eigenvalue weighted by Crippen LogP contribution is 2.37. The molecular weight excluding hydrogens is 248 g/mol. The predicted molar refractivity (Wildman–Crippen MR) is 81.9 cm³/mol. The van der Waals surface area contributed by atoms with E-state index in [-0.39, 0.29) is 5.54 Å². The van der Waals surface area contributed by atoms with Crippen molar-refractivity contribution < 1.29 is 4.74 Å². The van der Waals surface area contributed by atoms with E-state index in [1.807, 2.05) is 0 Å². The van der Waals surface area contributed by atoms with Gasteiger partial charge in [-0.15, -0.1) is 0 Å². The van der Waals surface area contributed by atoms with Crippen molar-refractivity contribution in [3.63, 3.8) is 0 Å². The largest absolute Gasteiger partial charge is 0.490 e. The molecule has 3 rings (SSSR count). The van der Waals surface area contributed by atoms with E-state index < -0.39 is 0 Å². The summed E-state index contributed by atoms with van der Waals surface area (Å²) in [6.07, 6.45) is 7.30. The van der Waals surface area contributed by atoms with Gasteiger partial charge in [-0.25, -0.2) is 0 Å². The van der Waals surface area contributed by atoms with Crippen LogP contribution >= 0.6 is 0 Å². The topological polar surface area (TPSA) is 38.5 Å². The zero-order valence-electron chi connectivity index (χ0n) is 12.5. The van der Waals surface area contributed by atoms with Gasteiger partial charge in [-0.2, -0.15) is 0 Å². The number of benzene rings is 1. The maximum atomic E-state index is 6.54. The van der Waals surface area contributed by atoms with Gasteiger partial charge in [-0.3, -0.25) is 0 Å². The lowest BCUT2D eigenvalue weighted by Crippen LogP contribution is -2.36. The van der Waals surface area contributed by atoms with Crippen molar-refractivity contribution in [1.82, 2.24) is 4.90 Å². The molecule has 2 aliphatic rings. The summed E-state index contributed by atoms with van der Waals surface area (Å²) in [5.74, 6) is 0.994. The minimum Gasteiger partial charge on any atom is -0.490 e. The molecule has 20 heavy (non-hydrogen) atoms. The Morgan fingerprint density at radius 3 is 2.60 bits per heavy atom. The Morgan fingerprint density at radius 1 is 1.20 bits per heavy atom. The lowest BCUT2D eigenvalue weighted by molar-refractivity contribution is 0.114. The molecule has 0 amide bonds. The summed E-state index contributed by atoms with van der Waals surface area (Å²) in [4.78, 5) is 2.36. The van der Waals surface area contributed by atoms with Crippen LogP contribution in [-0.2, 0) is 5.54 Å². The number of likely N-dealkylation sites (tertiary alicyclic amines) is 1. The molecule has 1 aromatic rings. The zero-order chi connectivity index (χ0) is 14.0. The van der Waals surface area contributed by atoms with Crippen LogP contribution in [-0.4, -0.2) is 31.1 Å². The molecule has 0 spiro atoms. The maximum Gasteiger partial charge on any atom is 0.120 e. The van der Waals surface area contributed by atoms with Crippen LogP contribution in [0.2, 0.25) is 0 Å². The second kappa shape index (κ2) is 5.74. The van der Waals surface area contributed by atoms with Crippen molar-refractivity contribution in [3.05, 3.63) is 29.8 Å². The molecule has 1 heterocycles. The summed E-state index contributed by atoms with van der Waals surface area (Å²) in [6, 6.07) is 8.49. The smallest absolute Gasteiger partial charge is 0.120 e. The third kappa shape index (κ3) is 2.99. The molecule has 2 fully saturated rings. The van der Waals surface area contributed by atoms with Gasteiger partial charge < -0.3 is 15.4 Å². The van der Waals surface area contributed by atoms with Crippen molar-refractivity contribution in [2.24, 2.45) is 5.73 Å². The highest BCUT2D eigenvalue weighted by Gasteiger charge is 2.31. The summed E-state index contributed by atoms with van der Waals surface area (Å²) in [7, 11) is 2.18.